The van der Waals surface area contributed by atoms with Crippen LogP contribution in [0.3, 0.4) is 0 Å². The van der Waals surface area contributed by atoms with E-state index in [9.17, 15) is 4.79 Å². The van der Waals surface area contributed by atoms with Gasteiger partial charge < -0.3 is 9.64 Å². The third-order valence-electron chi connectivity index (χ3n) is 4.52. The molecule has 1 aromatic carbocycles. The Balaban J connectivity index is 1.34. The number of benzene rings is 1. The maximum atomic E-state index is 11.2. The summed E-state index contributed by atoms with van der Waals surface area (Å²) in [6, 6.07) is 10.7. The highest BCUT2D eigenvalue weighted by atomic mass is 16.5. The minimum Gasteiger partial charge on any atom is -0.381 e. The Morgan fingerprint density at radius 1 is 0.870 bits per heavy atom. The van der Waals surface area contributed by atoms with Crippen LogP contribution in [-0.4, -0.2) is 43.5 Å². The summed E-state index contributed by atoms with van der Waals surface area (Å²) in [6.45, 7) is 4.86. The fourth-order valence-corrected chi connectivity index (χ4v) is 3.02. The maximum absolute atomic E-state index is 11.2. The Bertz CT molecular complexity index is 423. The lowest BCUT2D eigenvalue weighted by Gasteiger charge is -2.25. The summed E-state index contributed by atoms with van der Waals surface area (Å²) in [5.41, 5.74) is 1.42. The van der Waals surface area contributed by atoms with Crippen LogP contribution in [0.4, 0.5) is 0 Å². The molecule has 2 rings (SSSR count). The van der Waals surface area contributed by atoms with Crippen molar-refractivity contribution >= 4 is 5.78 Å². The van der Waals surface area contributed by atoms with Crippen molar-refractivity contribution in [3.8, 4) is 0 Å². The third kappa shape index (κ3) is 8.29. The normalized spacial score (nSPS) is 15.9. The number of hydrogen-bond donors (Lipinski definition) is 0. The first-order valence-electron chi connectivity index (χ1n) is 9.20. The topological polar surface area (TPSA) is 29.5 Å². The molecule has 3 nitrogen and oxygen atoms in total. The Labute approximate surface area is 141 Å². The summed E-state index contributed by atoms with van der Waals surface area (Å²) >= 11 is 0. The quantitative estimate of drug-likeness (QED) is 0.580. The molecule has 0 N–H and O–H groups in total. The summed E-state index contributed by atoms with van der Waals surface area (Å²) < 4.78 is 5.72. The highest BCUT2D eigenvalue weighted by Crippen LogP contribution is 2.08. The Hall–Kier alpha value is -1.19. The smallest absolute Gasteiger partial charge is 0.135 e. The lowest BCUT2D eigenvalue weighted by atomic mass is 10.1. The van der Waals surface area contributed by atoms with Crippen LogP contribution in [-0.2, 0) is 16.0 Å². The number of aryl methyl sites for hydroxylation is 1. The summed E-state index contributed by atoms with van der Waals surface area (Å²) in [7, 11) is 0. The van der Waals surface area contributed by atoms with E-state index in [0.717, 1.165) is 65.0 Å². The number of carbonyl (C=O) groups is 1. The standard InChI is InChI=1S/C20H31NO2/c22-20-12-15-21(16-13-20)14-6-2-7-17-23-18-8-5-11-19-9-3-1-4-10-19/h1,3-4,9-10H,2,5-8,11-18H2. The van der Waals surface area contributed by atoms with Crippen LogP contribution in [0.1, 0.15) is 50.5 Å². The monoisotopic (exact) mass is 317 g/mol. The predicted octanol–water partition coefficient (Wildman–Crippen LogP) is 3.86. The van der Waals surface area contributed by atoms with E-state index in [1.165, 1.54) is 24.8 Å². The molecule has 0 atom stereocenters. The van der Waals surface area contributed by atoms with Gasteiger partial charge in [-0.15, -0.1) is 0 Å². The van der Waals surface area contributed by atoms with Crippen LogP contribution in [0.15, 0.2) is 30.3 Å². The fraction of sp³-hybridized carbons (Fsp3) is 0.650. The van der Waals surface area contributed by atoms with Crippen LogP contribution in [0, 0.1) is 0 Å². The Morgan fingerprint density at radius 3 is 2.30 bits per heavy atom. The van der Waals surface area contributed by atoms with Gasteiger partial charge in [0.05, 0.1) is 0 Å². The second-order valence-corrected chi connectivity index (χ2v) is 6.50. The van der Waals surface area contributed by atoms with Crippen molar-refractivity contribution in [2.45, 2.75) is 51.4 Å². The molecular formula is C20H31NO2. The van der Waals surface area contributed by atoms with E-state index in [1.54, 1.807) is 0 Å². The summed E-state index contributed by atoms with van der Waals surface area (Å²) in [5, 5.41) is 0. The van der Waals surface area contributed by atoms with Crippen molar-refractivity contribution in [3.63, 3.8) is 0 Å². The molecule has 0 aromatic heterocycles. The van der Waals surface area contributed by atoms with Crippen molar-refractivity contribution in [2.24, 2.45) is 0 Å². The molecule has 1 fully saturated rings. The van der Waals surface area contributed by atoms with Gasteiger partial charge in [0.1, 0.15) is 5.78 Å². The number of ether oxygens (including phenoxy) is 1. The van der Waals surface area contributed by atoms with E-state index in [1.807, 2.05) is 0 Å². The number of ketones is 1. The van der Waals surface area contributed by atoms with E-state index in [-0.39, 0.29) is 0 Å². The largest absolute Gasteiger partial charge is 0.381 e. The number of unbranched alkanes of at least 4 members (excludes halogenated alkanes) is 3. The van der Waals surface area contributed by atoms with Gasteiger partial charge in [0.15, 0.2) is 0 Å². The fourth-order valence-electron chi connectivity index (χ4n) is 3.02. The molecule has 0 saturated carbocycles. The van der Waals surface area contributed by atoms with Gasteiger partial charge in [-0.05, 0) is 50.6 Å². The van der Waals surface area contributed by atoms with E-state index in [4.69, 9.17) is 4.74 Å². The van der Waals surface area contributed by atoms with Gasteiger partial charge in [-0.25, -0.2) is 0 Å². The predicted molar refractivity (Wildman–Crippen MR) is 94.7 cm³/mol. The highest BCUT2D eigenvalue weighted by molar-refractivity contribution is 5.79. The maximum Gasteiger partial charge on any atom is 0.135 e. The lowest BCUT2D eigenvalue weighted by molar-refractivity contribution is -0.121. The molecule has 0 bridgehead atoms. The van der Waals surface area contributed by atoms with Crippen LogP contribution in [0.25, 0.3) is 0 Å². The Kier molecular flexibility index (Phi) is 8.97. The molecule has 0 aliphatic carbocycles. The second-order valence-electron chi connectivity index (χ2n) is 6.50. The summed E-state index contributed by atoms with van der Waals surface area (Å²) in [4.78, 5) is 13.6. The van der Waals surface area contributed by atoms with E-state index < -0.39 is 0 Å². The molecule has 1 aliphatic heterocycles. The zero-order valence-corrected chi connectivity index (χ0v) is 14.3. The van der Waals surface area contributed by atoms with Gasteiger partial charge in [-0.2, -0.15) is 0 Å². The van der Waals surface area contributed by atoms with E-state index >= 15 is 0 Å². The molecule has 3 heteroatoms. The molecule has 1 aliphatic rings. The molecular weight excluding hydrogens is 286 g/mol. The molecule has 23 heavy (non-hydrogen) atoms. The zero-order valence-electron chi connectivity index (χ0n) is 14.3. The van der Waals surface area contributed by atoms with Crippen LogP contribution in [0.2, 0.25) is 0 Å². The number of carbonyl (C=O) groups excluding carboxylic acids is 1. The Morgan fingerprint density at radius 2 is 1.57 bits per heavy atom. The van der Waals surface area contributed by atoms with E-state index in [2.05, 4.69) is 35.2 Å². The second kappa shape index (κ2) is 11.4. The molecule has 1 aromatic rings. The van der Waals surface area contributed by atoms with Crippen molar-refractivity contribution in [1.29, 1.82) is 0 Å². The van der Waals surface area contributed by atoms with Gasteiger partial charge in [0, 0.05) is 39.1 Å². The van der Waals surface area contributed by atoms with Crippen LogP contribution >= 0.6 is 0 Å². The summed E-state index contributed by atoms with van der Waals surface area (Å²) in [6.07, 6.45) is 8.64. The number of hydrogen-bond acceptors (Lipinski definition) is 3. The van der Waals surface area contributed by atoms with Crippen LogP contribution in [0.5, 0.6) is 0 Å². The lowest BCUT2D eigenvalue weighted by Crippen LogP contribution is -2.34. The van der Waals surface area contributed by atoms with E-state index in [0.29, 0.717) is 5.78 Å². The number of rotatable bonds is 11. The molecule has 0 radical (unpaired) electrons. The first kappa shape index (κ1) is 18.2. The zero-order chi connectivity index (χ0) is 16.2. The first-order valence-corrected chi connectivity index (χ1v) is 9.20. The van der Waals surface area contributed by atoms with Crippen LogP contribution < -0.4 is 0 Å². The number of piperidine rings is 1. The number of likely N-dealkylation sites (tertiary alicyclic amines) is 1. The molecule has 128 valence electrons. The average Bonchev–Trinajstić information content (AvgIpc) is 2.59. The van der Waals surface area contributed by atoms with Crippen molar-refractivity contribution in [3.05, 3.63) is 35.9 Å². The van der Waals surface area contributed by atoms with Gasteiger partial charge in [0.25, 0.3) is 0 Å². The van der Waals surface area contributed by atoms with Gasteiger partial charge in [0.2, 0.25) is 0 Å². The van der Waals surface area contributed by atoms with Crippen molar-refractivity contribution in [2.75, 3.05) is 32.8 Å². The molecule has 0 amide bonds. The van der Waals surface area contributed by atoms with Gasteiger partial charge in [-0.1, -0.05) is 30.3 Å². The minimum absolute atomic E-state index is 0.432. The third-order valence-corrected chi connectivity index (χ3v) is 4.52. The number of nitrogens with zero attached hydrogens (tertiary/aromatic N) is 1. The molecule has 1 saturated heterocycles. The van der Waals surface area contributed by atoms with Crippen molar-refractivity contribution < 1.29 is 9.53 Å². The van der Waals surface area contributed by atoms with Crippen molar-refractivity contribution in [1.82, 2.24) is 4.90 Å². The molecule has 0 unspecified atom stereocenters. The number of Topliss-reactive ketones (excluding diaryl/α,β-unsaturated/α-hetero) is 1. The van der Waals surface area contributed by atoms with Gasteiger partial charge in [-0.3, -0.25) is 4.79 Å². The summed E-state index contributed by atoms with van der Waals surface area (Å²) in [5.74, 6) is 0.432. The highest BCUT2D eigenvalue weighted by Gasteiger charge is 2.14. The average molecular weight is 317 g/mol. The SMILES string of the molecule is O=C1CCN(CCCCCOCCCCc2ccccc2)CC1. The molecule has 1 heterocycles. The van der Waals surface area contributed by atoms with Gasteiger partial charge >= 0.3 is 0 Å². The first-order chi connectivity index (χ1) is 11.3. The molecule has 0 spiro atoms. The minimum atomic E-state index is 0.432.